The Kier molecular flexibility index (Phi) is 2.43. The average molecular weight is 244 g/mol. The van der Waals surface area contributed by atoms with Crippen LogP contribution >= 0.6 is 15.9 Å². The smallest absolute Gasteiger partial charge is 0.0738 e. The summed E-state index contributed by atoms with van der Waals surface area (Å²) in [6.45, 7) is 7.46. The number of hydrogen-bond donors (Lipinski definition) is 1. The highest BCUT2D eigenvalue weighted by atomic mass is 79.9. The van der Waals surface area contributed by atoms with Crippen molar-refractivity contribution < 1.29 is 0 Å². The molecule has 0 unspecified atom stereocenters. The largest absolute Gasteiger partial charge is 0.316 e. The van der Waals surface area contributed by atoms with Crippen LogP contribution in [0.15, 0.2) is 4.47 Å². The molecular weight excluding hydrogens is 230 g/mol. The van der Waals surface area contributed by atoms with E-state index in [1.54, 1.807) is 0 Å². The highest BCUT2D eigenvalue weighted by Crippen LogP contribution is 2.21. The molecule has 0 atom stereocenters. The average Bonchev–Trinajstić information content (AvgIpc) is 2.26. The van der Waals surface area contributed by atoms with Gasteiger partial charge in [-0.05, 0) is 29.8 Å². The van der Waals surface area contributed by atoms with Crippen molar-refractivity contribution in [3.63, 3.8) is 0 Å². The minimum atomic E-state index is 0.768. The zero-order chi connectivity index (χ0) is 9.42. The molecule has 1 aromatic heterocycles. The second kappa shape index (κ2) is 3.42. The minimum absolute atomic E-state index is 0.768. The monoisotopic (exact) mass is 243 g/mol. The molecule has 13 heavy (non-hydrogen) atoms. The molecule has 72 valence electrons. The maximum absolute atomic E-state index is 4.47. The molecule has 0 aromatic carbocycles. The molecular formula is C9H14BrN3. The van der Waals surface area contributed by atoms with Crippen LogP contribution in [0, 0.1) is 19.8 Å². The van der Waals surface area contributed by atoms with Crippen LogP contribution in [0.4, 0.5) is 0 Å². The summed E-state index contributed by atoms with van der Waals surface area (Å²) in [4.78, 5) is 0. The fourth-order valence-electron chi connectivity index (χ4n) is 1.57. The van der Waals surface area contributed by atoms with Crippen LogP contribution < -0.4 is 5.32 Å². The first-order chi connectivity index (χ1) is 6.18. The van der Waals surface area contributed by atoms with Crippen LogP contribution in [0.2, 0.25) is 0 Å². The second-order valence-corrected chi connectivity index (χ2v) is 4.48. The van der Waals surface area contributed by atoms with Gasteiger partial charge in [-0.2, -0.15) is 5.10 Å². The van der Waals surface area contributed by atoms with E-state index in [1.807, 2.05) is 6.92 Å². The van der Waals surface area contributed by atoms with Gasteiger partial charge >= 0.3 is 0 Å². The highest BCUT2D eigenvalue weighted by molar-refractivity contribution is 9.10. The molecule has 0 aliphatic carbocycles. The molecule has 0 saturated carbocycles. The number of aryl methyl sites for hydroxylation is 1. The van der Waals surface area contributed by atoms with Gasteiger partial charge in [-0.3, -0.25) is 4.68 Å². The topological polar surface area (TPSA) is 29.9 Å². The molecule has 1 saturated heterocycles. The molecule has 2 rings (SSSR count). The number of halogens is 1. The Morgan fingerprint density at radius 3 is 2.62 bits per heavy atom. The lowest BCUT2D eigenvalue weighted by Crippen LogP contribution is -2.44. The van der Waals surface area contributed by atoms with Crippen molar-refractivity contribution in [3.05, 3.63) is 15.9 Å². The van der Waals surface area contributed by atoms with E-state index in [-0.39, 0.29) is 0 Å². The van der Waals surface area contributed by atoms with Crippen molar-refractivity contribution >= 4 is 15.9 Å². The highest BCUT2D eigenvalue weighted by Gasteiger charge is 2.19. The van der Waals surface area contributed by atoms with Gasteiger partial charge in [0.25, 0.3) is 0 Å². The number of aromatic nitrogens is 2. The lowest BCUT2D eigenvalue weighted by Gasteiger charge is -2.27. The van der Waals surface area contributed by atoms with Gasteiger partial charge in [0, 0.05) is 31.2 Å². The molecule has 1 aliphatic heterocycles. The predicted molar refractivity (Wildman–Crippen MR) is 55.8 cm³/mol. The number of nitrogens with zero attached hydrogens (tertiary/aromatic N) is 2. The molecule has 0 amide bonds. The van der Waals surface area contributed by atoms with Gasteiger partial charge in [0.05, 0.1) is 10.2 Å². The third-order valence-corrected chi connectivity index (χ3v) is 3.74. The zero-order valence-corrected chi connectivity index (χ0v) is 9.56. The first kappa shape index (κ1) is 9.21. The maximum atomic E-state index is 4.47. The van der Waals surface area contributed by atoms with Crippen molar-refractivity contribution in [3.8, 4) is 0 Å². The van der Waals surface area contributed by atoms with Crippen LogP contribution in [0.5, 0.6) is 0 Å². The normalized spacial score (nSPS) is 17.5. The summed E-state index contributed by atoms with van der Waals surface area (Å²) in [5, 5.41) is 7.74. The first-order valence-corrected chi connectivity index (χ1v) is 5.38. The summed E-state index contributed by atoms with van der Waals surface area (Å²) < 4.78 is 3.25. The van der Waals surface area contributed by atoms with E-state index in [9.17, 15) is 0 Å². The van der Waals surface area contributed by atoms with Crippen molar-refractivity contribution in [2.24, 2.45) is 5.92 Å². The molecule has 0 spiro atoms. The Bertz CT molecular complexity index is 315. The predicted octanol–water partition coefficient (Wildman–Crippen LogP) is 1.48. The van der Waals surface area contributed by atoms with Crippen LogP contribution in [-0.4, -0.2) is 22.9 Å². The summed E-state index contributed by atoms with van der Waals surface area (Å²) in [5.74, 6) is 0.768. The third kappa shape index (κ3) is 1.65. The molecule has 3 nitrogen and oxygen atoms in total. The summed E-state index contributed by atoms with van der Waals surface area (Å²) in [6.07, 6.45) is 0. The third-order valence-electron chi connectivity index (χ3n) is 2.59. The summed E-state index contributed by atoms with van der Waals surface area (Å²) in [5.41, 5.74) is 2.33. The quantitative estimate of drug-likeness (QED) is 0.854. The van der Waals surface area contributed by atoms with Gasteiger partial charge < -0.3 is 5.32 Å². The van der Waals surface area contributed by atoms with Gasteiger partial charge in [0.15, 0.2) is 0 Å². The van der Waals surface area contributed by atoms with Crippen LogP contribution in [0.1, 0.15) is 11.4 Å². The fourth-order valence-corrected chi connectivity index (χ4v) is 1.86. The first-order valence-electron chi connectivity index (χ1n) is 4.58. The van der Waals surface area contributed by atoms with Crippen LogP contribution in [0.25, 0.3) is 0 Å². The Labute approximate surface area is 86.6 Å². The van der Waals surface area contributed by atoms with E-state index in [0.29, 0.717) is 0 Å². The molecule has 1 fully saturated rings. The summed E-state index contributed by atoms with van der Waals surface area (Å²) in [6, 6.07) is 0. The Balaban J connectivity index is 2.14. The van der Waals surface area contributed by atoms with Gasteiger partial charge in [-0.25, -0.2) is 0 Å². The SMILES string of the molecule is Cc1nn(CC2CNC2)c(C)c1Br. The van der Waals surface area contributed by atoms with Crippen molar-refractivity contribution in [1.82, 2.24) is 15.1 Å². The second-order valence-electron chi connectivity index (χ2n) is 3.69. The molecule has 1 N–H and O–H groups in total. The molecule has 0 bridgehead atoms. The van der Waals surface area contributed by atoms with Crippen LogP contribution in [-0.2, 0) is 6.54 Å². The number of nitrogens with one attached hydrogen (secondary N) is 1. The van der Waals surface area contributed by atoms with E-state index in [1.165, 1.54) is 5.69 Å². The van der Waals surface area contributed by atoms with Crippen molar-refractivity contribution in [1.29, 1.82) is 0 Å². The summed E-state index contributed by atoms with van der Waals surface area (Å²) in [7, 11) is 0. The number of hydrogen-bond acceptors (Lipinski definition) is 2. The zero-order valence-electron chi connectivity index (χ0n) is 7.97. The lowest BCUT2D eigenvalue weighted by molar-refractivity contribution is 0.293. The molecule has 2 heterocycles. The van der Waals surface area contributed by atoms with E-state index < -0.39 is 0 Å². The van der Waals surface area contributed by atoms with Gasteiger partial charge in [0.2, 0.25) is 0 Å². The molecule has 4 heteroatoms. The van der Waals surface area contributed by atoms with Crippen molar-refractivity contribution in [2.45, 2.75) is 20.4 Å². The Hall–Kier alpha value is -0.350. The maximum Gasteiger partial charge on any atom is 0.0738 e. The fraction of sp³-hybridized carbons (Fsp3) is 0.667. The Morgan fingerprint density at radius 2 is 2.23 bits per heavy atom. The molecule has 0 radical (unpaired) electrons. The van der Waals surface area contributed by atoms with E-state index in [4.69, 9.17) is 0 Å². The molecule has 1 aromatic rings. The lowest BCUT2D eigenvalue weighted by atomic mass is 10.0. The minimum Gasteiger partial charge on any atom is -0.316 e. The van der Waals surface area contributed by atoms with Gasteiger partial charge in [-0.1, -0.05) is 0 Å². The van der Waals surface area contributed by atoms with E-state index in [2.05, 4.69) is 38.0 Å². The Morgan fingerprint density at radius 1 is 1.54 bits per heavy atom. The van der Waals surface area contributed by atoms with Crippen LogP contribution in [0.3, 0.4) is 0 Å². The summed E-state index contributed by atoms with van der Waals surface area (Å²) >= 11 is 3.53. The number of rotatable bonds is 2. The standard InChI is InChI=1S/C9H14BrN3/c1-6-9(10)7(2)13(12-6)5-8-3-11-4-8/h8,11H,3-5H2,1-2H3. The van der Waals surface area contributed by atoms with E-state index >= 15 is 0 Å². The van der Waals surface area contributed by atoms with Gasteiger partial charge in [-0.15, -0.1) is 0 Å². The molecule has 1 aliphatic rings. The van der Waals surface area contributed by atoms with Crippen molar-refractivity contribution in [2.75, 3.05) is 13.1 Å². The van der Waals surface area contributed by atoms with E-state index in [0.717, 1.165) is 35.7 Å². The van der Waals surface area contributed by atoms with Gasteiger partial charge in [0.1, 0.15) is 0 Å².